The summed E-state index contributed by atoms with van der Waals surface area (Å²) >= 11 is 3.27. The number of hydrogen-bond donors (Lipinski definition) is 0. The molecule has 2 aromatic carbocycles. The van der Waals surface area contributed by atoms with Crippen molar-refractivity contribution in [3.05, 3.63) is 108 Å². The average Bonchev–Trinajstić information content (AvgIpc) is 3.67. The Bertz CT molecular complexity index is 1810. The van der Waals surface area contributed by atoms with Crippen LogP contribution in [0.2, 0.25) is 0 Å². The van der Waals surface area contributed by atoms with E-state index in [4.69, 9.17) is 6.42 Å². The predicted molar refractivity (Wildman–Crippen MR) is 192 cm³/mol. The summed E-state index contributed by atoms with van der Waals surface area (Å²) in [4.78, 5) is 4.14. The Labute approximate surface area is 277 Å². The van der Waals surface area contributed by atoms with Crippen LogP contribution in [0.1, 0.15) is 101 Å². The van der Waals surface area contributed by atoms with Crippen molar-refractivity contribution in [2.45, 2.75) is 66.2 Å². The van der Waals surface area contributed by atoms with E-state index in [1.165, 1.54) is 11.1 Å². The number of rotatable bonds is 10. The first-order valence-corrected chi connectivity index (χ1v) is 17.3. The zero-order valence-electron chi connectivity index (χ0n) is 26.7. The predicted octanol–water partition coefficient (Wildman–Crippen LogP) is 10.0. The molecule has 0 bridgehead atoms. The van der Waals surface area contributed by atoms with E-state index in [9.17, 15) is 0 Å². The minimum atomic E-state index is 0.820. The van der Waals surface area contributed by atoms with E-state index in [0.717, 1.165) is 93.5 Å². The molecule has 0 atom stereocenters. The molecule has 4 aromatic rings. The van der Waals surface area contributed by atoms with Gasteiger partial charge in [-0.05, 0) is 111 Å². The van der Waals surface area contributed by atoms with Crippen LogP contribution in [0.25, 0.3) is 0 Å². The van der Waals surface area contributed by atoms with Crippen molar-refractivity contribution < 1.29 is 0 Å². The summed E-state index contributed by atoms with van der Waals surface area (Å²) in [6, 6.07) is 20.4. The van der Waals surface area contributed by atoms with Crippen LogP contribution in [0.5, 0.6) is 0 Å². The molecule has 0 unspecified atom stereocenters. The van der Waals surface area contributed by atoms with Crippen LogP contribution in [0.3, 0.4) is 0 Å². The molecule has 45 heavy (non-hydrogen) atoms. The van der Waals surface area contributed by atoms with Gasteiger partial charge >= 0.3 is 0 Å². The summed E-state index contributed by atoms with van der Waals surface area (Å²) in [7, 11) is 0. The SMILES string of the molecule is C#Cc1sc(C#Cc2ccc(C#Cc3sc(C#Cc4ccc(N=NN(CC)CC)cc4)cc3CCCC)cc2)cc1CCCC. The fourth-order valence-electron chi connectivity index (χ4n) is 4.42. The smallest absolute Gasteiger partial charge is 0.0875 e. The lowest BCUT2D eigenvalue weighted by atomic mass is 10.1. The molecule has 4 rings (SSSR count). The fourth-order valence-corrected chi connectivity index (χ4v) is 6.22. The van der Waals surface area contributed by atoms with Crippen LogP contribution in [-0.2, 0) is 12.8 Å². The summed E-state index contributed by atoms with van der Waals surface area (Å²) in [5.74, 6) is 22.8. The highest BCUT2D eigenvalue weighted by atomic mass is 32.1. The molecule has 0 fully saturated rings. The number of terminal acetylenes is 1. The third-order valence-electron chi connectivity index (χ3n) is 7.10. The Balaban J connectivity index is 1.46. The van der Waals surface area contributed by atoms with Crippen LogP contribution in [0.15, 0.2) is 71.0 Å². The maximum atomic E-state index is 5.72. The minimum Gasteiger partial charge on any atom is -0.279 e. The highest BCUT2D eigenvalue weighted by Gasteiger charge is 2.07. The molecule has 0 saturated heterocycles. The summed E-state index contributed by atoms with van der Waals surface area (Å²) in [5, 5.41) is 10.5. The van der Waals surface area contributed by atoms with Gasteiger partial charge in [-0.3, -0.25) is 5.01 Å². The highest BCUT2D eigenvalue weighted by Crippen LogP contribution is 2.24. The molecule has 226 valence electrons. The standard InChI is InChI=1S/C40H39N3S2/c1-6-11-13-34-29-37(44-39(34)8-3)26-21-31-15-17-32(18-16-31)23-28-40-35(14-12-7-2)30-38(45-40)27-22-33-19-24-36(25-20-33)41-42-43(9-4)10-5/h3,15-20,24-25,29-30H,6-7,9-14H2,1-2,4-5H3. The molecule has 0 spiro atoms. The van der Waals surface area contributed by atoms with Gasteiger partial charge in [0.25, 0.3) is 0 Å². The lowest BCUT2D eigenvalue weighted by molar-refractivity contribution is 0.301. The summed E-state index contributed by atoms with van der Waals surface area (Å²) in [6.07, 6.45) is 12.3. The van der Waals surface area contributed by atoms with E-state index in [2.05, 4.69) is 91.6 Å². The quantitative estimate of drug-likeness (QED) is 0.0979. The van der Waals surface area contributed by atoms with Gasteiger partial charge in [-0.1, -0.05) is 73.4 Å². The monoisotopic (exact) mass is 625 g/mol. The van der Waals surface area contributed by atoms with Crippen molar-refractivity contribution >= 4 is 28.4 Å². The van der Waals surface area contributed by atoms with Crippen molar-refractivity contribution in [1.82, 2.24) is 5.01 Å². The van der Waals surface area contributed by atoms with Crippen molar-refractivity contribution in [3.8, 4) is 47.9 Å². The van der Waals surface area contributed by atoms with Crippen LogP contribution in [0, 0.1) is 47.9 Å². The first-order valence-electron chi connectivity index (χ1n) is 15.7. The molecule has 3 nitrogen and oxygen atoms in total. The van der Waals surface area contributed by atoms with Gasteiger partial charge in [-0.15, -0.1) is 34.2 Å². The molecule has 0 aliphatic heterocycles. The van der Waals surface area contributed by atoms with Gasteiger partial charge in [0.1, 0.15) is 0 Å². The number of nitrogens with zero attached hydrogens (tertiary/aromatic N) is 3. The van der Waals surface area contributed by atoms with Crippen LogP contribution >= 0.6 is 22.7 Å². The van der Waals surface area contributed by atoms with Crippen molar-refractivity contribution in [2.75, 3.05) is 13.1 Å². The van der Waals surface area contributed by atoms with Crippen molar-refractivity contribution in [1.29, 1.82) is 0 Å². The lowest BCUT2D eigenvalue weighted by Crippen LogP contribution is -2.14. The summed E-state index contributed by atoms with van der Waals surface area (Å²) in [6.45, 7) is 10.2. The average molecular weight is 626 g/mol. The second-order valence-corrected chi connectivity index (χ2v) is 12.6. The van der Waals surface area contributed by atoms with E-state index in [0.29, 0.717) is 0 Å². The fraction of sp³-hybridized carbons (Fsp3) is 0.300. The molecule has 0 saturated carbocycles. The third-order valence-corrected chi connectivity index (χ3v) is 9.13. The van der Waals surface area contributed by atoms with Crippen LogP contribution in [-0.4, -0.2) is 18.1 Å². The van der Waals surface area contributed by atoms with Crippen LogP contribution in [0.4, 0.5) is 5.69 Å². The third kappa shape index (κ3) is 10.3. The Morgan fingerprint density at radius 3 is 1.58 bits per heavy atom. The molecule has 5 heteroatoms. The van der Waals surface area contributed by atoms with Gasteiger partial charge in [0.15, 0.2) is 0 Å². The van der Waals surface area contributed by atoms with Crippen molar-refractivity contribution in [3.63, 3.8) is 0 Å². The zero-order chi connectivity index (χ0) is 31.9. The topological polar surface area (TPSA) is 28.0 Å². The van der Waals surface area contributed by atoms with E-state index >= 15 is 0 Å². The Morgan fingerprint density at radius 2 is 1.09 bits per heavy atom. The first-order chi connectivity index (χ1) is 22.0. The van der Waals surface area contributed by atoms with Gasteiger partial charge < -0.3 is 0 Å². The Kier molecular flexibility index (Phi) is 13.1. The number of hydrogen-bond acceptors (Lipinski definition) is 4. The van der Waals surface area contributed by atoms with E-state index in [1.54, 1.807) is 22.7 Å². The van der Waals surface area contributed by atoms with E-state index in [-0.39, 0.29) is 0 Å². The number of benzene rings is 2. The van der Waals surface area contributed by atoms with Gasteiger partial charge in [0, 0.05) is 29.8 Å². The molecule has 2 heterocycles. The molecular weight excluding hydrogens is 587 g/mol. The molecule has 0 radical (unpaired) electrons. The molecule has 0 aliphatic carbocycles. The van der Waals surface area contributed by atoms with Gasteiger partial charge in [0.05, 0.1) is 25.2 Å². The lowest BCUT2D eigenvalue weighted by Gasteiger charge is -2.10. The second kappa shape index (κ2) is 17.7. The Morgan fingerprint density at radius 1 is 0.622 bits per heavy atom. The number of thiophene rings is 2. The zero-order valence-corrected chi connectivity index (χ0v) is 28.3. The van der Waals surface area contributed by atoms with E-state index in [1.807, 2.05) is 53.5 Å². The molecular formula is C40H39N3S2. The molecule has 0 amide bonds. The van der Waals surface area contributed by atoms with E-state index < -0.39 is 0 Å². The van der Waals surface area contributed by atoms with Crippen molar-refractivity contribution in [2.24, 2.45) is 10.3 Å². The number of aryl methyl sites for hydroxylation is 2. The Hall–Kier alpha value is -4.52. The normalized spacial score (nSPS) is 10.3. The van der Waals surface area contributed by atoms with Gasteiger partial charge in [-0.25, -0.2) is 0 Å². The highest BCUT2D eigenvalue weighted by molar-refractivity contribution is 7.13. The molecule has 0 aliphatic rings. The second-order valence-electron chi connectivity index (χ2n) is 10.5. The summed E-state index contributed by atoms with van der Waals surface area (Å²) in [5.41, 5.74) is 6.21. The largest absolute Gasteiger partial charge is 0.279 e. The van der Waals surface area contributed by atoms with Gasteiger partial charge in [-0.2, -0.15) is 0 Å². The maximum Gasteiger partial charge on any atom is 0.0875 e. The molecule has 2 aromatic heterocycles. The first kappa shape index (κ1) is 33.4. The van der Waals surface area contributed by atoms with Crippen LogP contribution < -0.4 is 0 Å². The number of unbranched alkanes of at least 4 members (excludes halogenated alkanes) is 2. The summed E-state index contributed by atoms with van der Waals surface area (Å²) < 4.78 is 0. The van der Waals surface area contributed by atoms with Gasteiger partial charge in [0.2, 0.25) is 0 Å². The minimum absolute atomic E-state index is 0.820. The maximum absolute atomic E-state index is 5.72. The molecule has 0 N–H and O–H groups in total.